The number of fused-ring (bicyclic) bond motifs is 1. The number of nitrogens with zero attached hydrogens (tertiary/aromatic N) is 2. The molecule has 0 saturated carbocycles. The van der Waals surface area contributed by atoms with Crippen molar-refractivity contribution >= 4 is 34.6 Å². The monoisotopic (exact) mass is 370 g/mol. The van der Waals surface area contributed by atoms with E-state index >= 15 is 0 Å². The number of nitrogens with one attached hydrogen (secondary N) is 2. The number of rotatable bonds is 3. The molecule has 2 aromatic heterocycles. The van der Waals surface area contributed by atoms with Gasteiger partial charge >= 0.3 is 0 Å². The standard InChI is InChI=1S/C19H19ClN4O2/c1-19(2,3)23-18(26)16-22-15(14-9-4-5-10-24(14)16)17(25)21-13-8-6-7-12(20)11-13/h4-11H,1-3H3,(H,21,25)(H,23,26). The number of pyridine rings is 1. The van der Waals surface area contributed by atoms with Crippen LogP contribution < -0.4 is 10.6 Å². The Balaban J connectivity index is 1.98. The first-order chi connectivity index (χ1) is 12.2. The van der Waals surface area contributed by atoms with Crippen molar-refractivity contribution in [3.8, 4) is 0 Å². The van der Waals surface area contributed by atoms with Crippen LogP contribution in [0, 0.1) is 0 Å². The van der Waals surface area contributed by atoms with E-state index in [0.717, 1.165) is 0 Å². The Kier molecular flexibility index (Phi) is 4.70. The quantitative estimate of drug-likeness (QED) is 0.736. The second-order valence-corrected chi connectivity index (χ2v) is 7.34. The molecular weight excluding hydrogens is 352 g/mol. The molecule has 2 heterocycles. The van der Waals surface area contributed by atoms with Crippen LogP contribution in [-0.2, 0) is 0 Å². The number of halogens is 1. The smallest absolute Gasteiger partial charge is 0.288 e. The Morgan fingerprint density at radius 3 is 2.54 bits per heavy atom. The SMILES string of the molecule is CC(C)(C)NC(=O)c1nc(C(=O)Nc2cccc(Cl)c2)c2ccccn12. The van der Waals surface area contributed by atoms with Crippen LogP contribution >= 0.6 is 11.6 Å². The van der Waals surface area contributed by atoms with E-state index in [2.05, 4.69) is 15.6 Å². The topological polar surface area (TPSA) is 75.5 Å². The molecule has 0 fully saturated rings. The second-order valence-electron chi connectivity index (χ2n) is 6.91. The largest absolute Gasteiger partial charge is 0.345 e. The number of aromatic nitrogens is 2. The highest BCUT2D eigenvalue weighted by Gasteiger charge is 2.24. The van der Waals surface area contributed by atoms with Gasteiger partial charge in [-0.2, -0.15) is 0 Å². The van der Waals surface area contributed by atoms with Crippen molar-refractivity contribution < 1.29 is 9.59 Å². The molecule has 3 rings (SSSR count). The lowest BCUT2D eigenvalue weighted by atomic mass is 10.1. The molecule has 134 valence electrons. The zero-order valence-electron chi connectivity index (χ0n) is 14.7. The van der Waals surface area contributed by atoms with Crippen LogP contribution in [0.2, 0.25) is 5.02 Å². The zero-order valence-corrected chi connectivity index (χ0v) is 15.5. The number of amides is 2. The van der Waals surface area contributed by atoms with Gasteiger partial charge in [0.1, 0.15) is 0 Å². The Morgan fingerprint density at radius 1 is 1.08 bits per heavy atom. The van der Waals surface area contributed by atoms with Gasteiger partial charge in [0.05, 0.1) is 5.52 Å². The van der Waals surface area contributed by atoms with E-state index in [4.69, 9.17) is 11.6 Å². The minimum atomic E-state index is -0.416. The molecule has 0 aliphatic carbocycles. The fourth-order valence-corrected chi connectivity index (χ4v) is 2.71. The Bertz CT molecular complexity index is 989. The van der Waals surface area contributed by atoms with Gasteiger partial charge in [0.25, 0.3) is 11.8 Å². The van der Waals surface area contributed by atoms with Crippen LogP contribution in [0.1, 0.15) is 41.9 Å². The molecule has 0 aliphatic rings. The zero-order chi connectivity index (χ0) is 18.9. The van der Waals surface area contributed by atoms with E-state index in [1.54, 1.807) is 53.1 Å². The van der Waals surface area contributed by atoms with Crippen molar-refractivity contribution in [3.05, 3.63) is 65.2 Å². The summed E-state index contributed by atoms with van der Waals surface area (Å²) in [6.07, 6.45) is 1.70. The number of anilines is 1. The third kappa shape index (κ3) is 3.86. The highest BCUT2D eigenvalue weighted by atomic mass is 35.5. The summed E-state index contributed by atoms with van der Waals surface area (Å²) >= 11 is 5.95. The van der Waals surface area contributed by atoms with E-state index < -0.39 is 11.4 Å². The summed E-state index contributed by atoms with van der Waals surface area (Å²) in [5, 5.41) is 6.14. The number of hydrogen-bond donors (Lipinski definition) is 2. The Morgan fingerprint density at radius 2 is 1.85 bits per heavy atom. The Labute approximate surface area is 156 Å². The first-order valence-electron chi connectivity index (χ1n) is 8.11. The van der Waals surface area contributed by atoms with Crippen LogP contribution in [0.3, 0.4) is 0 Å². The molecule has 26 heavy (non-hydrogen) atoms. The molecule has 2 amide bonds. The summed E-state index contributed by atoms with van der Waals surface area (Å²) in [6.45, 7) is 5.65. The molecule has 6 nitrogen and oxygen atoms in total. The summed E-state index contributed by atoms with van der Waals surface area (Å²) in [7, 11) is 0. The third-order valence-electron chi connectivity index (χ3n) is 3.54. The highest BCUT2D eigenvalue weighted by Crippen LogP contribution is 2.18. The highest BCUT2D eigenvalue weighted by molar-refractivity contribution is 6.31. The van der Waals surface area contributed by atoms with Gasteiger partial charge in [0.15, 0.2) is 5.69 Å². The van der Waals surface area contributed by atoms with Crippen molar-refractivity contribution in [2.24, 2.45) is 0 Å². The predicted octanol–water partition coefficient (Wildman–Crippen LogP) is 3.77. The number of benzene rings is 1. The summed E-state index contributed by atoms with van der Waals surface area (Å²) in [6, 6.07) is 12.2. The fourth-order valence-electron chi connectivity index (χ4n) is 2.52. The lowest BCUT2D eigenvalue weighted by molar-refractivity contribution is 0.0908. The fraction of sp³-hybridized carbons (Fsp3) is 0.211. The molecule has 0 aliphatic heterocycles. The van der Waals surface area contributed by atoms with E-state index in [-0.39, 0.29) is 17.4 Å². The van der Waals surface area contributed by atoms with Crippen LogP contribution in [-0.4, -0.2) is 26.7 Å². The molecule has 0 spiro atoms. The van der Waals surface area contributed by atoms with Crippen molar-refractivity contribution in [3.63, 3.8) is 0 Å². The maximum absolute atomic E-state index is 12.7. The van der Waals surface area contributed by atoms with Crippen molar-refractivity contribution in [2.45, 2.75) is 26.3 Å². The van der Waals surface area contributed by atoms with Gasteiger partial charge in [-0.3, -0.25) is 14.0 Å². The van der Waals surface area contributed by atoms with Gasteiger partial charge in [-0.25, -0.2) is 4.98 Å². The number of imidazole rings is 1. The van der Waals surface area contributed by atoms with Crippen molar-refractivity contribution in [1.29, 1.82) is 0 Å². The van der Waals surface area contributed by atoms with Gasteiger partial charge in [-0.15, -0.1) is 0 Å². The first kappa shape index (κ1) is 17.9. The number of hydrogen-bond acceptors (Lipinski definition) is 3. The van der Waals surface area contributed by atoms with E-state index in [1.807, 2.05) is 20.8 Å². The van der Waals surface area contributed by atoms with Crippen LogP contribution in [0.15, 0.2) is 48.7 Å². The molecule has 0 radical (unpaired) electrons. The van der Waals surface area contributed by atoms with E-state index in [9.17, 15) is 9.59 Å². The molecule has 3 aromatic rings. The minimum absolute atomic E-state index is 0.159. The minimum Gasteiger partial charge on any atom is -0.345 e. The number of carbonyl (C=O) groups is 2. The van der Waals surface area contributed by atoms with Gasteiger partial charge in [0.2, 0.25) is 5.82 Å². The maximum atomic E-state index is 12.7. The summed E-state index contributed by atoms with van der Waals surface area (Å²) in [5.41, 5.74) is 0.858. The molecule has 0 bridgehead atoms. The lowest BCUT2D eigenvalue weighted by Crippen LogP contribution is -2.41. The van der Waals surface area contributed by atoms with Gasteiger partial charge in [0, 0.05) is 22.4 Å². The molecule has 0 atom stereocenters. The normalized spacial score (nSPS) is 11.4. The molecular formula is C19H19ClN4O2. The molecule has 0 saturated heterocycles. The molecule has 1 aromatic carbocycles. The lowest BCUT2D eigenvalue weighted by Gasteiger charge is -2.19. The maximum Gasteiger partial charge on any atom is 0.288 e. The molecule has 0 unspecified atom stereocenters. The third-order valence-corrected chi connectivity index (χ3v) is 3.77. The van der Waals surface area contributed by atoms with Crippen LogP contribution in [0.25, 0.3) is 5.52 Å². The van der Waals surface area contributed by atoms with Gasteiger partial charge in [-0.1, -0.05) is 23.7 Å². The number of carbonyl (C=O) groups excluding carboxylic acids is 2. The molecule has 2 N–H and O–H groups in total. The average molecular weight is 371 g/mol. The van der Waals surface area contributed by atoms with Gasteiger partial charge in [-0.05, 0) is 51.1 Å². The summed E-state index contributed by atoms with van der Waals surface area (Å²) < 4.78 is 1.61. The van der Waals surface area contributed by atoms with E-state index in [0.29, 0.717) is 16.2 Å². The summed E-state index contributed by atoms with van der Waals surface area (Å²) in [4.78, 5) is 29.6. The second kappa shape index (κ2) is 6.80. The van der Waals surface area contributed by atoms with Crippen molar-refractivity contribution in [1.82, 2.24) is 14.7 Å². The molecule has 7 heteroatoms. The average Bonchev–Trinajstić information content (AvgIpc) is 2.93. The van der Waals surface area contributed by atoms with E-state index in [1.165, 1.54) is 0 Å². The first-order valence-corrected chi connectivity index (χ1v) is 8.49. The van der Waals surface area contributed by atoms with Crippen molar-refractivity contribution in [2.75, 3.05) is 5.32 Å². The predicted molar refractivity (Wildman–Crippen MR) is 102 cm³/mol. The van der Waals surface area contributed by atoms with Crippen LogP contribution in [0.4, 0.5) is 5.69 Å². The summed E-state index contributed by atoms with van der Waals surface area (Å²) in [5.74, 6) is -0.599. The Hall–Kier alpha value is -2.86. The van der Waals surface area contributed by atoms with Gasteiger partial charge < -0.3 is 10.6 Å². The van der Waals surface area contributed by atoms with Crippen LogP contribution in [0.5, 0.6) is 0 Å².